The van der Waals surface area contributed by atoms with Crippen LogP contribution in [0.25, 0.3) is 0 Å². The zero-order chi connectivity index (χ0) is 17.4. The lowest BCUT2D eigenvalue weighted by Crippen LogP contribution is -2.27. The molecule has 4 N–H and O–H groups in total. The van der Waals surface area contributed by atoms with Gasteiger partial charge >= 0.3 is 0 Å². The summed E-state index contributed by atoms with van der Waals surface area (Å²) in [6, 6.07) is 8.55. The topological polar surface area (TPSA) is 111 Å². The highest BCUT2D eigenvalue weighted by molar-refractivity contribution is 6.06. The maximum atomic E-state index is 12.0. The zero-order valence-electron chi connectivity index (χ0n) is 13.4. The Morgan fingerprint density at radius 3 is 2.75 bits per heavy atom. The molecule has 0 bridgehead atoms. The minimum Gasteiger partial charge on any atom is -0.399 e. The van der Waals surface area contributed by atoms with Crippen LogP contribution in [0.15, 0.2) is 36.0 Å². The Kier molecular flexibility index (Phi) is 6.20. The molecule has 2 rings (SSSR count). The fourth-order valence-corrected chi connectivity index (χ4v) is 2.40. The van der Waals surface area contributed by atoms with Crippen molar-refractivity contribution in [2.75, 3.05) is 30.7 Å². The third-order valence-corrected chi connectivity index (χ3v) is 3.70. The van der Waals surface area contributed by atoms with Gasteiger partial charge in [0.2, 0.25) is 5.91 Å². The van der Waals surface area contributed by atoms with Crippen LogP contribution in [0.3, 0.4) is 0 Å². The average molecular weight is 327 g/mol. The molecule has 0 unspecified atom stereocenters. The van der Waals surface area contributed by atoms with E-state index in [2.05, 4.69) is 10.6 Å². The summed E-state index contributed by atoms with van der Waals surface area (Å²) in [5, 5.41) is 14.7. The van der Waals surface area contributed by atoms with Crippen molar-refractivity contribution in [1.29, 1.82) is 5.26 Å². The van der Waals surface area contributed by atoms with Gasteiger partial charge in [-0.05, 0) is 37.1 Å². The third-order valence-electron chi connectivity index (χ3n) is 3.70. The molecule has 1 saturated heterocycles. The first-order valence-electron chi connectivity index (χ1n) is 7.88. The molecule has 1 heterocycles. The third kappa shape index (κ3) is 5.02. The highest BCUT2D eigenvalue weighted by Crippen LogP contribution is 2.11. The van der Waals surface area contributed by atoms with E-state index in [-0.39, 0.29) is 11.5 Å². The van der Waals surface area contributed by atoms with Gasteiger partial charge in [0.1, 0.15) is 11.6 Å². The van der Waals surface area contributed by atoms with Crippen LogP contribution in [-0.2, 0) is 9.59 Å². The number of rotatable bonds is 7. The molecule has 2 amide bonds. The Bertz CT molecular complexity index is 661. The molecule has 126 valence electrons. The van der Waals surface area contributed by atoms with Gasteiger partial charge < -0.3 is 21.3 Å². The van der Waals surface area contributed by atoms with E-state index in [0.29, 0.717) is 30.9 Å². The van der Waals surface area contributed by atoms with Crippen LogP contribution in [-0.4, -0.2) is 36.3 Å². The summed E-state index contributed by atoms with van der Waals surface area (Å²) >= 11 is 0. The van der Waals surface area contributed by atoms with E-state index >= 15 is 0 Å². The van der Waals surface area contributed by atoms with Crippen LogP contribution in [0.2, 0.25) is 0 Å². The summed E-state index contributed by atoms with van der Waals surface area (Å²) in [4.78, 5) is 25.3. The van der Waals surface area contributed by atoms with E-state index in [1.54, 1.807) is 24.3 Å². The second-order valence-electron chi connectivity index (χ2n) is 5.54. The van der Waals surface area contributed by atoms with Crippen LogP contribution >= 0.6 is 0 Å². The number of carbonyl (C=O) groups excluding carboxylic acids is 2. The molecular weight excluding hydrogens is 306 g/mol. The zero-order valence-corrected chi connectivity index (χ0v) is 13.4. The lowest BCUT2D eigenvalue weighted by atomic mass is 10.2. The number of hydrogen-bond donors (Lipinski definition) is 3. The number of carbonyl (C=O) groups is 2. The summed E-state index contributed by atoms with van der Waals surface area (Å²) in [6.07, 6.45) is 3.73. The summed E-state index contributed by atoms with van der Waals surface area (Å²) < 4.78 is 0. The van der Waals surface area contributed by atoms with Crippen molar-refractivity contribution < 1.29 is 9.59 Å². The van der Waals surface area contributed by atoms with Crippen LogP contribution in [0, 0.1) is 11.3 Å². The number of amides is 2. The maximum absolute atomic E-state index is 12.0. The number of likely N-dealkylation sites (tertiary alicyclic amines) is 1. The highest BCUT2D eigenvalue weighted by atomic mass is 16.2. The molecule has 7 nitrogen and oxygen atoms in total. The van der Waals surface area contributed by atoms with Gasteiger partial charge in [0.05, 0.1) is 0 Å². The summed E-state index contributed by atoms with van der Waals surface area (Å²) in [5.41, 5.74) is 6.74. The largest absolute Gasteiger partial charge is 0.399 e. The lowest BCUT2D eigenvalue weighted by Gasteiger charge is -2.14. The summed E-state index contributed by atoms with van der Waals surface area (Å²) in [5.74, 6) is -0.282. The number of hydrogen-bond acceptors (Lipinski definition) is 5. The van der Waals surface area contributed by atoms with Gasteiger partial charge in [0.25, 0.3) is 5.91 Å². The second kappa shape index (κ2) is 8.58. The smallest absolute Gasteiger partial charge is 0.267 e. The standard InChI is InChI=1S/C17H21N5O2/c18-11-13(17(24)21-15-6-4-14(19)5-7-15)12-20-8-2-10-22-9-1-3-16(22)23/h4-7,12,20H,1-3,8-10,19H2,(H,21,24)/b13-12-. The molecule has 24 heavy (non-hydrogen) atoms. The van der Waals surface area contributed by atoms with E-state index in [1.165, 1.54) is 6.20 Å². The Morgan fingerprint density at radius 2 is 2.12 bits per heavy atom. The lowest BCUT2D eigenvalue weighted by molar-refractivity contribution is -0.127. The number of anilines is 2. The van der Waals surface area contributed by atoms with Gasteiger partial charge in [0, 0.05) is 43.6 Å². The van der Waals surface area contributed by atoms with Crippen molar-refractivity contribution in [2.24, 2.45) is 0 Å². The molecule has 0 atom stereocenters. The first kappa shape index (κ1) is 17.3. The Hall–Kier alpha value is -3.01. The predicted molar refractivity (Wildman–Crippen MR) is 91.6 cm³/mol. The molecule has 0 spiro atoms. The molecule has 1 aliphatic rings. The van der Waals surface area contributed by atoms with Crippen molar-refractivity contribution in [1.82, 2.24) is 10.2 Å². The van der Waals surface area contributed by atoms with Crippen molar-refractivity contribution in [3.63, 3.8) is 0 Å². The number of nitrogens with one attached hydrogen (secondary N) is 2. The SMILES string of the molecule is N#C/C(=C/NCCCN1CCCC1=O)C(=O)Nc1ccc(N)cc1. The van der Waals surface area contributed by atoms with Crippen LogP contribution in [0.4, 0.5) is 11.4 Å². The van der Waals surface area contributed by atoms with Crippen molar-refractivity contribution in [3.8, 4) is 6.07 Å². The average Bonchev–Trinajstić information content (AvgIpc) is 2.98. The number of nitrogens with zero attached hydrogens (tertiary/aromatic N) is 2. The molecule has 0 saturated carbocycles. The molecule has 0 radical (unpaired) electrons. The van der Waals surface area contributed by atoms with Gasteiger partial charge in [-0.25, -0.2) is 0 Å². The minimum absolute atomic E-state index is 0.0101. The molecule has 0 aliphatic carbocycles. The minimum atomic E-state index is -0.482. The summed E-state index contributed by atoms with van der Waals surface area (Å²) in [6.45, 7) is 2.10. The van der Waals surface area contributed by atoms with Gasteiger partial charge in [-0.2, -0.15) is 5.26 Å². The van der Waals surface area contributed by atoms with E-state index < -0.39 is 5.91 Å². The fraction of sp³-hybridized carbons (Fsp3) is 0.353. The molecule has 7 heteroatoms. The van der Waals surface area contributed by atoms with E-state index in [1.807, 2.05) is 11.0 Å². The molecule has 1 aliphatic heterocycles. The molecule has 1 aromatic rings. The number of nitrogens with two attached hydrogens (primary N) is 1. The van der Waals surface area contributed by atoms with E-state index in [9.17, 15) is 9.59 Å². The van der Waals surface area contributed by atoms with Gasteiger partial charge in [-0.3, -0.25) is 9.59 Å². The van der Waals surface area contributed by atoms with Crippen molar-refractivity contribution in [3.05, 3.63) is 36.0 Å². The Labute approximate surface area is 141 Å². The monoisotopic (exact) mass is 327 g/mol. The predicted octanol–water partition coefficient (Wildman–Crippen LogP) is 1.22. The van der Waals surface area contributed by atoms with Gasteiger partial charge in [-0.15, -0.1) is 0 Å². The Balaban J connectivity index is 1.76. The molecule has 1 fully saturated rings. The van der Waals surface area contributed by atoms with E-state index in [4.69, 9.17) is 11.0 Å². The number of nitrogen functional groups attached to an aromatic ring is 1. The summed E-state index contributed by atoms with van der Waals surface area (Å²) in [7, 11) is 0. The van der Waals surface area contributed by atoms with Gasteiger partial charge in [-0.1, -0.05) is 0 Å². The van der Waals surface area contributed by atoms with Crippen LogP contribution in [0.1, 0.15) is 19.3 Å². The fourth-order valence-electron chi connectivity index (χ4n) is 2.40. The van der Waals surface area contributed by atoms with Crippen molar-refractivity contribution >= 4 is 23.2 Å². The van der Waals surface area contributed by atoms with Gasteiger partial charge in [0.15, 0.2) is 0 Å². The van der Waals surface area contributed by atoms with Crippen molar-refractivity contribution in [2.45, 2.75) is 19.3 Å². The highest BCUT2D eigenvalue weighted by Gasteiger charge is 2.18. The van der Waals surface area contributed by atoms with Crippen LogP contribution in [0.5, 0.6) is 0 Å². The van der Waals surface area contributed by atoms with Crippen LogP contribution < -0.4 is 16.4 Å². The molecular formula is C17H21N5O2. The molecule has 0 aromatic heterocycles. The van der Waals surface area contributed by atoms with E-state index in [0.717, 1.165) is 19.4 Å². The Morgan fingerprint density at radius 1 is 1.38 bits per heavy atom. The quantitative estimate of drug-likeness (QED) is 0.302. The molecule has 1 aromatic carbocycles. The number of nitriles is 1. The maximum Gasteiger partial charge on any atom is 0.267 e. The normalized spacial score (nSPS) is 14.4. The first-order chi connectivity index (χ1) is 11.6. The first-order valence-corrected chi connectivity index (χ1v) is 7.88. The second-order valence-corrected chi connectivity index (χ2v) is 5.54. The number of benzene rings is 1.